The molecule has 1 aromatic carbocycles. The molecule has 4 rings (SSSR count). The van der Waals surface area contributed by atoms with Crippen LogP contribution in [0.25, 0.3) is 22.6 Å². The highest BCUT2D eigenvalue weighted by molar-refractivity contribution is 7.90. The first kappa shape index (κ1) is 26.7. The van der Waals surface area contributed by atoms with Gasteiger partial charge in [-0.25, -0.2) is 22.2 Å². The van der Waals surface area contributed by atoms with E-state index < -0.39 is 56.6 Å². The summed E-state index contributed by atoms with van der Waals surface area (Å²) in [5.74, 6) is -2.18. The number of sulfone groups is 1. The molecule has 3 heterocycles. The van der Waals surface area contributed by atoms with Crippen molar-refractivity contribution in [3.05, 3.63) is 93.1 Å². The number of aromatic nitrogens is 2. The number of hydrogen-bond acceptors (Lipinski definition) is 6. The van der Waals surface area contributed by atoms with Crippen LogP contribution in [-0.2, 0) is 22.6 Å². The lowest BCUT2D eigenvalue weighted by Crippen LogP contribution is -2.29. The first-order chi connectivity index (χ1) is 17.7. The quantitative estimate of drug-likeness (QED) is 0.321. The summed E-state index contributed by atoms with van der Waals surface area (Å²) >= 11 is 0. The maximum atomic E-state index is 14.4. The van der Waals surface area contributed by atoms with E-state index in [2.05, 4.69) is 4.98 Å². The van der Waals surface area contributed by atoms with Gasteiger partial charge in [0.05, 0.1) is 24.1 Å². The van der Waals surface area contributed by atoms with Gasteiger partial charge in [-0.15, -0.1) is 0 Å². The first-order valence-corrected chi connectivity index (χ1v) is 12.5. The summed E-state index contributed by atoms with van der Waals surface area (Å²) < 4.78 is 98.8. The largest absolute Gasteiger partial charge is 0.462 e. The molecule has 0 saturated carbocycles. The van der Waals surface area contributed by atoms with Crippen molar-refractivity contribution in [1.82, 2.24) is 9.55 Å². The van der Waals surface area contributed by atoms with E-state index in [-0.39, 0.29) is 16.3 Å². The van der Waals surface area contributed by atoms with Crippen LogP contribution in [0.15, 0.2) is 63.1 Å². The Labute approximate surface area is 212 Å². The lowest BCUT2D eigenvalue weighted by molar-refractivity contribution is -0.137. The van der Waals surface area contributed by atoms with E-state index in [0.717, 1.165) is 29.2 Å². The van der Waals surface area contributed by atoms with Crippen molar-refractivity contribution < 1.29 is 34.8 Å². The molecule has 0 bridgehead atoms. The molecule has 4 aromatic rings. The summed E-state index contributed by atoms with van der Waals surface area (Å²) in [7, 11) is -3.60. The number of furan rings is 1. The third-order valence-corrected chi connectivity index (χ3v) is 6.76. The lowest BCUT2D eigenvalue weighted by Gasteiger charge is -2.16. The van der Waals surface area contributed by atoms with Crippen LogP contribution in [-0.4, -0.2) is 24.2 Å². The van der Waals surface area contributed by atoms with Gasteiger partial charge >= 0.3 is 6.18 Å². The Morgan fingerprint density at radius 3 is 2.39 bits per heavy atom. The van der Waals surface area contributed by atoms with Crippen LogP contribution in [0.5, 0.6) is 0 Å². The average Bonchev–Trinajstić information content (AvgIpc) is 3.30. The van der Waals surface area contributed by atoms with Gasteiger partial charge in [0, 0.05) is 35.2 Å². The molecule has 0 spiro atoms. The Balaban J connectivity index is 1.91. The average molecular weight is 549 g/mol. The van der Waals surface area contributed by atoms with E-state index in [1.807, 2.05) is 0 Å². The number of rotatable bonds is 5. The normalized spacial score (nSPS) is 11.9. The van der Waals surface area contributed by atoms with E-state index in [1.165, 1.54) is 31.3 Å². The topological polar surface area (TPSA) is 106 Å². The number of pyridine rings is 2. The van der Waals surface area contributed by atoms with Crippen LogP contribution in [0, 0.1) is 29.9 Å². The minimum atomic E-state index is -5.07. The predicted molar refractivity (Wildman–Crippen MR) is 125 cm³/mol. The smallest absolute Gasteiger partial charge is 0.417 e. The van der Waals surface area contributed by atoms with Crippen LogP contribution in [0.4, 0.5) is 22.0 Å². The van der Waals surface area contributed by atoms with E-state index in [9.17, 15) is 40.4 Å². The van der Waals surface area contributed by atoms with Crippen molar-refractivity contribution in [3.63, 3.8) is 0 Å². The van der Waals surface area contributed by atoms with Crippen LogP contribution >= 0.6 is 0 Å². The van der Waals surface area contributed by atoms with Crippen molar-refractivity contribution >= 4 is 9.84 Å². The molecule has 0 aliphatic carbocycles. The molecule has 3 aromatic heterocycles. The van der Waals surface area contributed by atoms with Crippen molar-refractivity contribution in [1.29, 1.82) is 5.26 Å². The number of alkyl halides is 3. The molecule has 0 aliphatic rings. The summed E-state index contributed by atoms with van der Waals surface area (Å²) in [6.45, 7) is 0.881. The number of nitriles is 1. The van der Waals surface area contributed by atoms with Gasteiger partial charge in [0.1, 0.15) is 23.3 Å². The SMILES string of the molecule is Cc1cc(-c2coc(-c3cc(C(F)(F)F)c(C#N)c(=O)n3Cc3ccc(F)cc3F)c2)cnc1S(C)(=O)=O. The molecular formula is C25H16F5N3O4S. The van der Waals surface area contributed by atoms with Crippen LogP contribution in [0.2, 0.25) is 0 Å². The summed E-state index contributed by atoms with van der Waals surface area (Å²) in [5, 5.41) is 9.15. The highest BCUT2D eigenvalue weighted by Crippen LogP contribution is 2.35. The molecule has 0 aliphatic heterocycles. The second-order valence-electron chi connectivity index (χ2n) is 8.37. The second-order valence-corrected chi connectivity index (χ2v) is 10.3. The van der Waals surface area contributed by atoms with Crippen LogP contribution in [0.1, 0.15) is 22.3 Å². The molecule has 13 heteroatoms. The monoisotopic (exact) mass is 549 g/mol. The fourth-order valence-corrected chi connectivity index (χ4v) is 4.78. The summed E-state index contributed by atoms with van der Waals surface area (Å²) in [4.78, 5) is 17.0. The number of halogens is 5. The van der Waals surface area contributed by atoms with Gasteiger partial charge in [0.2, 0.25) is 0 Å². The fraction of sp³-hybridized carbons (Fsp3) is 0.160. The summed E-state index contributed by atoms with van der Waals surface area (Å²) in [6, 6.07) is 7.06. The Kier molecular flexibility index (Phi) is 6.71. The fourth-order valence-electron chi connectivity index (χ4n) is 3.89. The third kappa shape index (κ3) is 5.08. The van der Waals surface area contributed by atoms with Crippen molar-refractivity contribution in [3.8, 4) is 28.7 Å². The predicted octanol–water partition coefficient (Wildman–Crippen LogP) is 5.10. The van der Waals surface area contributed by atoms with Gasteiger partial charge < -0.3 is 4.42 Å². The van der Waals surface area contributed by atoms with Gasteiger partial charge in [-0.05, 0) is 36.8 Å². The lowest BCUT2D eigenvalue weighted by atomic mass is 10.1. The molecule has 0 atom stereocenters. The molecule has 0 saturated heterocycles. The van der Waals surface area contributed by atoms with E-state index in [4.69, 9.17) is 4.42 Å². The first-order valence-electron chi connectivity index (χ1n) is 10.7. The molecule has 0 unspecified atom stereocenters. The van der Waals surface area contributed by atoms with Gasteiger partial charge in [-0.3, -0.25) is 9.36 Å². The number of benzene rings is 1. The Hall–Kier alpha value is -4.31. The number of nitrogens with zero attached hydrogens (tertiary/aromatic N) is 3. The third-order valence-electron chi connectivity index (χ3n) is 5.63. The van der Waals surface area contributed by atoms with Gasteiger partial charge in [-0.2, -0.15) is 18.4 Å². The Morgan fingerprint density at radius 2 is 1.82 bits per heavy atom. The molecule has 0 N–H and O–H groups in total. The molecule has 0 radical (unpaired) electrons. The maximum absolute atomic E-state index is 14.4. The van der Waals surface area contributed by atoms with Gasteiger partial charge in [0.15, 0.2) is 20.6 Å². The zero-order valence-electron chi connectivity index (χ0n) is 19.6. The number of hydrogen-bond donors (Lipinski definition) is 0. The summed E-state index contributed by atoms with van der Waals surface area (Å²) in [6.07, 6.45) is -1.69. The standard InChI is InChI=1S/C25H16F5N3O4S/c1-13-5-15(10-32-23(13)38(2,35)36)16-6-22(37-12-16)21-8-19(25(28,29)30)18(9-31)24(34)33(21)11-14-3-4-17(26)7-20(14)27/h3-8,10,12H,11H2,1-2H3. The van der Waals surface area contributed by atoms with E-state index >= 15 is 0 Å². The molecule has 0 amide bonds. The van der Waals surface area contributed by atoms with Gasteiger partial charge in [-0.1, -0.05) is 6.07 Å². The van der Waals surface area contributed by atoms with Crippen LogP contribution in [0.3, 0.4) is 0 Å². The molecular weight excluding hydrogens is 533 g/mol. The van der Waals surface area contributed by atoms with Crippen LogP contribution < -0.4 is 5.56 Å². The Bertz CT molecular complexity index is 1780. The minimum absolute atomic E-state index is 0.151. The molecule has 38 heavy (non-hydrogen) atoms. The highest BCUT2D eigenvalue weighted by atomic mass is 32.2. The zero-order valence-corrected chi connectivity index (χ0v) is 20.4. The highest BCUT2D eigenvalue weighted by Gasteiger charge is 2.37. The minimum Gasteiger partial charge on any atom is -0.462 e. The van der Waals surface area contributed by atoms with Crippen molar-refractivity contribution in [2.45, 2.75) is 24.7 Å². The van der Waals surface area contributed by atoms with Gasteiger partial charge in [0.25, 0.3) is 5.56 Å². The summed E-state index contributed by atoms with van der Waals surface area (Å²) in [5.41, 5.74) is -3.73. The Morgan fingerprint density at radius 1 is 1.11 bits per heavy atom. The molecule has 0 fully saturated rings. The van der Waals surface area contributed by atoms with Crippen molar-refractivity contribution in [2.75, 3.05) is 6.26 Å². The zero-order chi connectivity index (χ0) is 28.0. The second kappa shape index (κ2) is 9.53. The molecule has 196 valence electrons. The number of aryl methyl sites for hydroxylation is 1. The maximum Gasteiger partial charge on any atom is 0.417 e. The van der Waals surface area contributed by atoms with E-state index in [0.29, 0.717) is 28.8 Å². The van der Waals surface area contributed by atoms with E-state index in [1.54, 1.807) is 0 Å². The van der Waals surface area contributed by atoms with Crippen molar-refractivity contribution in [2.24, 2.45) is 0 Å². The molecule has 7 nitrogen and oxygen atoms in total.